The van der Waals surface area contributed by atoms with E-state index in [1.165, 1.54) is 38.5 Å². The quantitative estimate of drug-likeness (QED) is 0.640. The molecule has 1 aromatic carbocycles. The van der Waals surface area contributed by atoms with E-state index in [-0.39, 0.29) is 11.3 Å². The molecular formula is C21H26N6O. The number of hydrazone groups is 1. The zero-order valence-electron chi connectivity index (χ0n) is 16.2. The Bertz CT molecular complexity index is 868. The second-order valence-electron chi connectivity index (χ2n) is 9.13. The third-order valence-corrected chi connectivity index (χ3v) is 6.93. The summed E-state index contributed by atoms with van der Waals surface area (Å²) in [5, 5.41) is 15.6. The van der Waals surface area contributed by atoms with Gasteiger partial charge in [0.15, 0.2) is 0 Å². The van der Waals surface area contributed by atoms with Crippen molar-refractivity contribution < 1.29 is 4.79 Å². The van der Waals surface area contributed by atoms with Gasteiger partial charge in [-0.15, -0.1) is 5.10 Å². The molecule has 1 aromatic heterocycles. The minimum absolute atomic E-state index is 0.0536. The Morgan fingerprint density at radius 1 is 1.21 bits per heavy atom. The zero-order valence-corrected chi connectivity index (χ0v) is 16.2. The maximum absolute atomic E-state index is 12.7. The van der Waals surface area contributed by atoms with Crippen molar-refractivity contribution in [2.24, 2.45) is 28.3 Å². The number of hydrogen-bond donors (Lipinski definition) is 1. The van der Waals surface area contributed by atoms with Gasteiger partial charge in [0, 0.05) is 6.42 Å². The van der Waals surface area contributed by atoms with Crippen LogP contribution in [0.15, 0.2) is 35.7 Å². The predicted molar refractivity (Wildman–Crippen MR) is 105 cm³/mol. The average molecular weight is 378 g/mol. The van der Waals surface area contributed by atoms with Gasteiger partial charge in [0.1, 0.15) is 6.33 Å². The lowest BCUT2D eigenvalue weighted by atomic mass is 9.49. The molecule has 4 aliphatic carbocycles. The first kappa shape index (κ1) is 17.5. The molecule has 0 atom stereocenters. The Morgan fingerprint density at radius 2 is 1.93 bits per heavy atom. The molecule has 6 rings (SSSR count). The Balaban J connectivity index is 1.25. The number of nitrogens with zero attached hydrogens (tertiary/aromatic N) is 5. The third kappa shape index (κ3) is 3.34. The molecule has 2 aromatic rings. The van der Waals surface area contributed by atoms with Gasteiger partial charge in [-0.05, 0) is 96.7 Å². The fourth-order valence-corrected chi connectivity index (χ4v) is 6.25. The third-order valence-electron chi connectivity index (χ3n) is 6.93. The minimum Gasteiger partial charge on any atom is -0.273 e. The van der Waals surface area contributed by atoms with Gasteiger partial charge in [-0.25, -0.2) is 10.1 Å². The van der Waals surface area contributed by atoms with Crippen molar-refractivity contribution in [3.63, 3.8) is 0 Å². The fourth-order valence-electron chi connectivity index (χ4n) is 6.25. The van der Waals surface area contributed by atoms with Crippen LogP contribution in [-0.4, -0.2) is 31.8 Å². The highest BCUT2D eigenvalue weighted by atomic mass is 16.2. The summed E-state index contributed by atoms with van der Waals surface area (Å²) in [6.45, 7) is 1.91. The SMILES string of the molecule is C/C(=N\NC(=O)CC12CC3CC(CC(C3)C1)C2)c1cccc(-n2cnnn2)c1. The van der Waals surface area contributed by atoms with Crippen LogP contribution in [0.25, 0.3) is 5.69 Å². The average Bonchev–Trinajstić information content (AvgIpc) is 3.19. The molecule has 4 saturated carbocycles. The van der Waals surface area contributed by atoms with Crippen LogP contribution in [0.2, 0.25) is 0 Å². The number of carbonyl (C=O) groups excluding carboxylic acids is 1. The lowest BCUT2D eigenvalue weighted by Gasteiger charge is -2.56. The summed E-state index contributed by atoms with van der Waals surface area (Å²) < 4.78 is 1.60. The van der Waals surface area contributed by atoms with Crippen molar-refractivity contribution in [3.05, 3.63) is 36.2 Å². The Labute approximate surface area is 164 Å². The van der Waals surface area contributed by atoms with E-state index in [4.69, 9.17) is 0 Å². The maximum Gasteiger partial charge on any atom is 0.240 e. The second-order valence-corrected chi connectivity index (χ2v) is 9.13. The van der Waals surface area contributed by atoms with Crippen LogP contribution >= 0.6 is 0 Å². The Hall–Kier alpha value is -2.57. The van der Waals surface area contributed by atoms with Crippen LogP contribution in [0.5, 0.6) is 0 Å². The highest BCUT2D eigenvalue weighted by molar-refractivity contribution is 5.99. The lowest BCUT2D eigenvalue weighted by Crippen LogP contribution is -2.47. The number of nitrogens with one attached hydrogen (secondary N) is 1. The summed E-state index contributed by atoms with van der Waals surface area (Å²) in [5.74, 6) is 2.63. The molecule has 4 aliphatic rings. The van der Waals surface area contributed by atoms with Gasteiger partial charge >= 0.3 is 0 Å². The highest BCUT2D eigenvalue weighted by Crippen LogP contribution is 2.61. The Kier molecular flexibility index (Phi) is 4.25. The maximum atomic E-state index is 12.7. The summed E-state index contributed by atoms with van der Waals surface area (Å²) >= 11 is 0. The van der Waals surface area contributed by atoms with Gasteiger partial charge in [0.2, 0.25) is 5.91 Å². The molecule has 4 bridgehead atoms. The van der Waals surface area contributed by atoms with Gasteiger partial charge in [-0.2, -0.15) is 5.10 Å². The molecule has 1 N–H and O–H groups in total. The smallest absolute Gasteiger partial charge is 0.240 e. The van der Waals surface area contributed by atoms with Gasteiger partial charge < -0.3 is 0 Å². The topological polar surface area (TPSA) is 85.1 Å². The number of carbonyl (C=O) groups is 1. The molecule has 0 unspecified atom stereocenters. The molecule has 0 saturated heterocycles. The van der Waals surface area contributed by atoms with Crippen molar-refractivity contribution in [2.45, 2.75) is 51.9 Å². The molecule has 4 fully saturated rings. The molecule has 146 valence electrons. The summed E-state index contributed by atoms with van der Waals surface area (Å²) in [5.41, 5.74) is 5.61. The molecular weight excluding hydrogens is 352 g/mol. The number of hydrogen-bond acceptors (Lipinski definition) is 5. The molecule has 1 amide bonds. The number of amides is 1. The number of tetrazole rings is 1. The van der Waals surface area contributed by atoms with E-state index < -0.39 is 0 Å². The van der Waals surface area contributed by atoms with Crippen LogP contribution in [0.3, 0.4) is 0 Å². The van der Waals surface area contributed by atoms with Crippen molar-refractivity contribution in [1.29, 1.82) is 0 Å². The van der Waals surface area contributed by atoms with E-state index in [1.807, 2.05) is 31.2 Å². The fraction of sp³-hybridized carbons (Fsp3) is 0.571. The van der Waals surface area contributed by atoms with E-state index in [0.29, 0.717) is 6.42 Å². The van der Waals surface area contributed by atoms with Crippen molar-refractivity contribution in [3.8, 4) is 5.69 Å². The van der Waals surface area contributed by atoms with Crippen LogP contribution < -0.4 is 5.43 Å². The van der Waals surface area contributed by atoms with Gasteiger partial charge in [0.25, 0.3) is 0 Å². The standard InChI is InChI=1S/C21H26N6O/c1-14(18-3-2-4-19(8-18)27-13-22-25-26-27)23-24-20(28)12-21-9-15-5-16(10-21)7-17(6-15)11-21/h2-4,8,13,15-17H,5-7,9-12H2,1H3,(H,24,28)/b23-14+. The largest absolute Gasteiger partial charge is 0.273 e. The van der Waals surface area contributed by atoms with E-state index in [0.717, 1.165) is 34.7 Å². The zero-order chi connectivity index (χ0) is 19.1. The number of rotatable bonds is 5. The summed E-state index contributed by atoms with van der Waals surface area (Å²) in [4.78, 5) is 12.7. The molecule has 0 radical (unpaired) electrons. The normalized spacial score (nSPS) is 31.2. The number of benzene rings is 1. The first-order chi connectivity index (χ1) is 13.6. The van der Waals surface area contributed by atoms with Crippen LogP contribution in [0.1, 0.15) is 57.4 Å². The van der Waals surface area contributed by atoms with Crippen molar-refractivity contribution >= 4 is 11.6 Å². The minimum atomic E-state index is 0.0536. The van der Waals surface area contributed by atoms with E-state index in [9.17, 15) is 4.79 Å². The molecule has 1 heterocycles. The number of aromatic nitrogens is 4. The van der Waals surface area contributed by atoms with Crippen LogP contribution in [-0.2, 0) is 4.79 Å². The van der Waals surface area contributed by atoms with Crippen LogP contribution in [0.4, 0.5) is 0 Å². The first-order valence-electron chi connectivity index (χ1n) is 10.3. The van der Waals surface area contributed by atoms with Gasteiger partial charge in [-0.1, -0.05) is 12.1 Å². The molecule has 28 heavy (non-hydrogen) atoms. The summed E-state index contributed by atoms with van der Waals surface area (Å²) in [7, 11) is 0. The first-order valence-corrected chi connectivity index (χ1v) is 10.3. The molecule has 0 aliphatic heterocycles. The highest BCUT2D eigenvalue weighted by Gasteiger charge is 2.51. The predicted octanol–water partition coefficient (Wildman–Crippen LogP) is 3.11. The molecule has 0 spiro atoms. The van der Waals surface area contributed by atoms with Crippen molar-refractivity contribution in [1.82, 2.24) is 25.6 Å². The second kappa shape index (κ2) is 6.79. The lowest BCUT2D eigenvalue weighted by molar-refractivity contribution is -0.129. The molecule has 7 nitrogen and oxygen atoms in total. The van der Waals surface area contributed by atoms with E-state index >= 15 is 0 Å². The van der Waals surface area contributed by atoms with Gasteiger partial charge in [-0.3, -0.25) is 4.79 Å². The summed E-state index contributed by atoms with van der Waals surface area (Å²) in [6.07, 6.45) is 10.1. The van der Waals surface area contributed by atoms with Crippen LogP contribution in [0, 0.1) is 23.2 Å². The monoisotopic (exact) mass is 378 g/mol. The molecule has 7 heteroatoms. The van der Waals surface area contributed by atoms with Gasteiger partial charge in [0.05, 0.1) is 11.4 Å². The summed E-state index contributed by atoms with van der Waals surface area (Å²) in [6, 6.07) is 7.79. The van der Waals surface area contributed by atoms with Crippen molar-refractivity contribution in [2.75, 3.05) is 0 Å². The van der Waals surface area contributed by atoms with E-state index in [2.05, 4.69) is 26.1 Å². The Morgan fingerprint density at radius 3 is 2.57 bits per heavy atom. The van der Waals surface area contributed by atoms with E-state index in [1.54, 1.807) is 11.0 Å².